The predicted octanol–water partition coefficient (Wildman–Crippen LogP) is 3.72. The van der Waals surface area contributed by atoms with Gasteiger partial charge in [0.25, 0.3) is 0 Å². The Balaban J connectivity index is 2.13. The van der Waals surface area contributed by atoms with Crippen molar-refractivity contribution in [1.82, 2.24) is 4.98 Å². The molecule has 1 aromatic carbocycles. The second kappa shape index (κ2) is 4.77. The summed E-state index contributed by atoms with van der Waals surface area (Å²) in [6.07, 6.45) is 6.04. The van der Waals surface area contributed by atoms with Gasteiger partial charge < -0.3 is 5.21 Å². The number of oxime groups is 1. The van der Waals surface area contributed by atoms with Crippen molar-refractivity contribution in [2.45, 2.75) is 31.6 Å². The second-order valence-corrected chi connectivity index (χ2v) is 4.81. The van der Waals surface area contributed by atoms with E-state index in [1.54, 1.807) is 0 Å². The number of fused-ring (bicyclic) bond motifs is 1. The quantitative estimate of drug-likeness (QED) is 0.610. The van der Waals surface area contributed by atoms with Gasteiger partial charge in [-0.3, -0.25) is 4.98 Å². The van der Waals surface area contributed by atoms with Gasteiger partial charge in [-0.25, -0.2) is 0 Å². The number of rotatable bonds is 1. The molecular weight excluding hydrogens is 224 g/mol. The minimum atomic E-state index is 0.176. The van der Waals surface area contributed by atoms with Gasteiger partial charge >= 0.3 is 0 Å². The minimum Gasteiger partial charge on any atom is -0.411 e. The second-order valence-electron chi connectivity index (χ2n) is 4.81. The summed E-state index contributed by atoms with van der Waals surface area (Å²) in [7, 11) is 0. The molecule has 1 atom stereocenters. The van der Waals surface area contributed by atoms with Gasteiger partial charge in [-0.05, 0) is 30.7 Å². The van der Waals surface area contributed by atoms with E-state index in [9.17, 15) is 0 Å². The van der Waals surface area contributed by atoms with Crippen molar-refractivity contribution in [2.75, 3.05) is 0 Å². The molecule has 1 unspecified atom stereocenters. The van der Waals surface area contributed by atoms with Crippen molar-refractivity contribution < 1.29 is 5.21 Å². The van der Waals surface area contributed by atoms with Crippen molar-refractivity contribution in [3.63, 3.8) is 0 Å². The zero-order valence-electron chi connectivity index (χ0n) is 10.2. The fraction of sp³-hybridized carbons (Fsp3) is 0.333. The van der Waals surface area contributed by atoms with E-state index in [2.05, 4.69) is 22.3 Å². The van der Waals surface area contributed by atoms with Gasteiger partial charge in [0.2, 0.25) is 0 Å². The van der Waals surface area contributed by atoms with Gasteiger partial charge in [0, 0.05) is 17.5 Å². The molecule has 1 aromatic heterocycles. The van der Waals surface area contributed by atoms with Crippen LogP contribution in [0.1, 0.15) is 37.3 Å². The molecule has 18 heavy (non-hydrogen) atoms. The lowest BCUT2D eigenvalue weighted by Crippen LogP contribution is -2.18. The highest BCUT2D eigenvalue weighted by Gasteiger charge is 2.25. The van der Waals surface area contributed by atoms with Crippen LogP contribution in [0.4, 0.5) is 0 Å². The first-order chi connectivity index (χ1) is 8.90. The molecule has 0 bridgehead atoms. The molecule has 1 saturated carbocycles. The summed E-state index contributed by atoms with van der Waals surface area (Å²) in [6, 6.07) is 10.3. The average molecular weight is 240 g/mol. The predicted molar refractivity (Wildman–Crippen MR) is 72.2 cm³/mol. The van der Waals surface area contributed by atoms with Gasteiger partial charge in [0.15, 0.2) is 0 Å². The highest BCUT2D eigenvalue weighted by molar-refractivity contribution is 5.95. The van der Waals surface area contributed by atoms with Crippen LogP contribution in [0.3, 0.4) is 0 Å². The van der Waals surface area contributed by atoms with Crippen LogP contribution in [-0.2, 0) is 0 Å². The summed E-state index contributed by atoms with van der Waals surface area (Å²) in [5.41, 5.74) is 1.94. The smallest absolute Gasteiger partial charge is 0.0661 e. The molecule has 92 valence electrons. The van der Waals surface area contributed by atoms with E-state index in [0.717, 1.165) is 30.7 Å². The van der Waals surface area contributed by atoms with Crippen LogP contribution in [0, 0.1) is 0 Å². The Morgan fingerprint density at radius 2 is 2.06 bits per heavy atom. The van der Waals surface area contributed by atoms with Crippen LogP contribution in [0.15, 0.2) is 41.7 Å². The Morgan fingerprint density at radius 1 is 1.17 bits per heavy atom. The number of hydrogen-bond donors (Lipinski definition) is 1. The molecule has 1 N–H and O–H groups in total. The minimum absolute atomic E-state index is 0.176. The fourth-order valence-corrected chi connectivity index (χ4v) is 2.83. The lowest BCUT2D eigenvalue weighted by atomic mass is 9.83. The Bertz CT molecular complexity index is 587. The topological polar surface area (TPSA) is 45.5 Å². The average Bonchev–Trinajstić information content (AvgIpc) is 2.46. The molecular formula is C15H16N2O. The molecule has 0 radical (unpaired) electrons. The third kappa shape index (κ3) is 1.86. The van der Waals surface area contributed by atoms with E-state index >= 15 is 0 Å². The number of aromatic nitrogens is 1. The third-order valence-electron chi connectivity index (χ3n) is 3.74. The Hall–Kier alpha value is -1.90. The van der Waals surface area contributed by atoms with E-state index in [1.807, 2.05) is 24.4 Å². The van der Waals surface area contributed by atoms with Crippen LogP contribution in [-0.4, -0.2) is 15.9 Å². The Labute approximate surface area is 106 Å². The maximum atomic E-state index is 9.16. The van der Waals surface area contributed by atoms with E-state index in [4.69, 9.17) is 5.21 Å². The van der Waals surface area contributed by atoms with Gasteiger partial charge in [0.1, 0.15) is 0 Å². The fourth-order valence-electron chi connectivity index (χ4n) is 2.83. The molecule has 0 spiro atoms. The van der Waals surface area contributed by atoms with E-state index in [1.165, 1.54) is 17.2 Å². The SMILES string of the molecule is ON=C1CCCCC1c1nccc2ccccc12. The summed E-state index contributed by atoms with van der Waals surface area (Å²) >= 11 is 0. The van der Waals surface area contributed by atoms with Crippen LogP contribution in [0.25, 0.3) is 10.8 Å². The molecule has 3 rings (SSSR count). The van der Waals surface area contributed by atoms with Gasteiger partial charge in [-0.2, -0.15) is 0 Å². The van der Waals surface area contributed by atoms with Crippen molar-refractivity contribution in [1.29, 1.82) is 0 Å². The molecule has 0 amide bonds. The van der Waals surface area contributed by atoms with Crippen molar-refractivity contribution in [2.24, 2.45) is 5.16 Å². The first-order valence-electron chi connectivity index (χ1n) is 6.44. The lowest BCUT2D eigenvalue weighted by Gasteiger charge is -2.23. The maximum absolute atomic E-state index is 9.16. The first kappa shape index (κ1) is 11.2. The van der Waals surface area contributed by atoms with Crippen LogP contribution in [0.2, 0.25) is 0 Å². The van der Waals surface area contributed by atoms with Gasteiger partial charge in [-0.15, -0.1) is 0 Å². The third-order valence-corrected chi connectivity index (χ3v) is 3.74. The summed E-state index contributed by atoms with van der Waals surface area (Å²) in [5, 5.41) is 15.0. The lowest BCUT2D eigenvalue weighted by molar-refractivity contribution is 0.312. The molecule has 0 aliphatic heterocycles. The standard InChI is InChI=1S/C15H16N2O/c18-17-14-8-4-3-7-13(14)15-12-6-2-1-5-11(12)9-10-16-15/h1-2,5-6,9-10,13,18H,3-4,7-8H2. The van der Waals surface area contributed by atoms with Crippen LogP contribution < -0.4 is 0 Å². The van der Waals surface area contributed by atoms with E-state index in [0.29, 0.717) is 0 Å². The maximum Gasteiger partial charge on any atom is 0.0661 e. The van der Waals surface area contributed by atoms with Gasteiger partial charge in [0.05, 0.1) is 11.4 Å². The molecule has 1 fully saturated rings. The van der Waals surface area contributed by atoms with Crippen molar-refractivity contribution >= 4 is 16.5 Å². The van der Waals surface area contributed by atoms with Crippen molar-refractivity contribution in [3.05, 3.63) is 42.2 Å². The monoisotopic (exact) mass is 240 g/mol. The molecule has 0 saturated heterocycles. The molecule has 1 aliphatic rings. The summed E-state index contributed by atoms with van der Waals surface area (Å²) < 4.78 is 0. The number of benzene rings is 1. The number of pyridine rings is 1. The molecule has 3 heteroatoms. The van der Waals surface area contributed by atoms with E-state index in [-0.39, 0.29) is 5.92 Å². The zero-order valence-corrected chi connectivity index (χ0v) is 10.2. The largest absolute Gasteiger partial charge is 0.411 e. The highest BCUT2D eigenvalue weighted by atomic mass is 16.4. The van der Waals surface area contributed by atoms with Gasteiger partial charge in [-0.1, -0.05) is 35.8 Å². The number of nitrogens with zero attached hydrogens (tertiary/aromatic N) is 2. The normalized spacial score (nSPS) is 22.4. The summed E-state index contributed by atoms with van der Waals surface area (Å²) in [5.74, 6) is 0.176. The van der Waals surface area contributed by atoms with Crippen LogP contribution in [0.5, 0.6) is 0 Å². The Kier molecular flexibility index (Phi) is 2.97. The molecule has 3 nitrogen and oxygen atoms in total. The van der Waals surface area contributed by atoms with Crippen molar-refractivity contribution in [3.8, 4) is 0 Å². The Morgan fingerprint density at radius 3 is 2.94 bits per heavy atom. The summed E-state index contributed by atoms with van der Waals surface area (Å²) in [6.45, 7) is 0. The first-order valence-corrected chi connectivity index (χ1v) is 6.44. The molecule has 1 heterocycles. The van der Waals surface area contributed by atoms with E-state index < -0.39 is 0 Å². The van der Waals surface area contributed by atoms with Crippen LogP contribution >= 0.6 is 0 Å². The number of hydrogen-bond acceptors (Lipinski definition) is 3. The molecule has 2 aromatic rings. The summed E-state index contributed by atoms with van der Waals surface area (Å²) in [4.78, 5) is 4.54. The zero-order chi connectivity index (χ0) is 12.4. The molecule has 1 aliphatic carbocycles. The highest BCUT2D eigenvalue weighted by Crippen LogP contribution is 2.33.